The maximum atomic E-state index is 13.9. The van der Waals surface area contributed by atoms with Crippen molar-refractivity contribution in [3.8, 4) is 0 Å². The third kappa shape index (κ3) is 5.69. The van der Waals surface area contributed by atoms with Gasteiger partial charge in [0.2, 0.25) is 0 Å². The van der Waals surface area contributed by atoms with E-state index in [9.17, 15) is 14.4 Å². The van der Waals surface area contributed by atoms with Crippen LogP contribution in [0.1, 0.15) is 59.2 Å². The number of benzene rings is 2. The number of Topliss-reactive ketones (excluding diaryl/α,β-unsaturated/α-hetero) is 1. The molecule has 0 saturated carbocycles. The van der Waals surface area contributed by atoms with Crippen LogP contribution in [0, 0.1) is 5.92 Å². The third-order valence-corrected chi connectivity index (χ3v) is 7.59. The third-order valence-electron chi connectivity index (χ3n) is 7.59. The van der Waals surface area contributed by atoms with Gasteiger partial charge in [-0.3, -0.25) is 19.7 Å². The molecule has 3 aromatic rings. The molecule has 1 aliphatic heterocycles. The van der Waals surface area contributed by atoms with Crippen LogP contribution >= 0.6 is 0 Å². The number of ether oxygens (including phenoxy) is 1. The maximum absolute atomic E-state index is 13.9. The van der Waals surface area contributed by atoms with Crippen molar-refractivity contribution in [3.05, 3.63) is 70.9 Å². The number of amides is 2. The lowest BCUT2D eigenvalue weighted by molar-refractivity contribution is 0.0130. The van der Waals surface area contributed by atoms with E-state index in [2.05, 4.69) is 15.5 Å². The predicted molar refractivity (Wildman–Crippen MR) is 147 cm³/mol. The van der Waals surface area contributed by atoms with E-state index in [-0.39, 0.29) is 17.8 Å². The molecule has 0 spiro atoms. The van der Waals surface area contributed by atoms with E-state index < -0.39 is 11.5 Å². The fourth-order valence-electron chi connectivity index (χ4n) is 5.65. The second-order valence-corrected chi connectivity index (χ2v) is 11.4. The zero-order valence-electron chi connectivity index (χ0n) is 22.8. The van der Waals surface area contributed by atoms with Crippen molar-refractivity contribution in [2.75, 3.05) is 32.7 Å². The Kier molecular flexibility index (Phi) is 7.46. The summed E-state index contributed by atoms with van der Waals surface area (Å²) in [6, 6.07) is 15.2. The van der Waals surface area contributed by atoms with Crippen molar-refractivity contribution in [2.45, 2.75) is 45.8 Å². The Morgan fingerprint density at radius 1 is 1.03 bits per heavy atom. The number of hydroxylamine groups is 1. The first-order valence-electron chi connectivity index (χ1n) is 13.5. The van der Waals surface area contributed by atoms with Crippen LogP contribution < -0.4 is 5.48 Å². The number of carbonyl (C=O) groups is 3. The number of carbonyl (C=O) groups excluding carboxylic acids is 3. The Labute approximate surface area is 228 Å². The zero-order chi connectivity index (χ0) is 27.7. The number of hydrogen-bond acceptors (Lipinski definition) is 6. The summed E-state index contributed by atoms with van der Waals surface area (Å²) in [4.78, 5) is 42.0. The molecule has 1 aromatic heterocycles. The van der Waals surface area contributed by atoms with E-state index in [0.717, 1.165) is 53.7 Å². The van der Waals surface area contributed by atoms with Crippen molar-refractivity contribution in [3.63, 3.8) is 0 Å². The Morgan fingerprint density at radius 2 is 1.72 bits per heavy atom. The summed E-state index contributed by atoms with van der Waals surface area (Å²) >= 11 is 0. The van der Waals surface area contributed by atoms with Crippen molar-refractivity contribution in [1.82, 2.24) is 19.8 Å². The van der Waals surface area contributed by atoms with Crippen LogP contribution in [0.2, 0.25) is 0 Å². The van der Waals surface area contributed by atoms with Gasteiger partial charge in [0.05, 0.1) is 0 Å². The van der Waals surface area contributed by atoms with Crippen LogP contribution in [0.25, 0.3) is 10.9 Å². The summed E-state index contributed by atoms with van der Waals surface area (Å²) in [5, 5.41) is 9.86. The highest BCUT2D eigenvalue weighted by Crippen LogP contribution is 2.35. The summed E-state index contributed by atoms with van der Waals surface area (Å²) in [6.45, 7) is 9.53. The molecule has 1 saturated heterocycles. The molecule has 2 aliphatic rings. The number of rotatable bonds is 5. The largest absolute Gasteiger partial charge is 0.444 e. The van der Waals surface area contributed by atoms with Gasteiger partial charge in [-0.1, -0.05) is 30.3 Å². The van der Waals surface area contributed by atoms with Gasteiger partial charge < -0.3 is 14.2 Å². The fourth-order valence-corrected chi connectivity index (χ4v) is 5.65. The normalized spacial score (nSPS) is 18.2. The van der Waals surface area contributed by atoms with Gasteiger partial charge in [0.25, 0.3) is 5.91 Å². The minimum atomic E-state index is -0.548. The highest BCUT2D eigenvalue weighted by Gasteiger charge is 2.35. The average Bonchev–Trinajstić information content (AvgIpc) is 3.23. The number of nitrogens with zero attached hydrogens (tertiary/aromatic N) is 3. The second kappa shape index (κ2) is 10.8. The monoisotopic (exact) mass is 532 g/mol. The van der Waals surface area contributed by atoms with Crippen LogP contribution in [0.15, 0.2) is 48.5 Å². The standard InChI is InChI=1S/C30H36N4O5/c1-30(2,3)39-29(37)33-16-14-32(15-17-33)19-22-12-13-25-26(27(22)35)23-6-4-5-7-24(23)34(25)18-20-8-10-21(11-9-20)28(36)31-38/h4-11,22,38H,12-19H2,1-3H3,(H,31,36). The van der Waals surface area contributed by atoms with Crippen molar-refractivity contribution in [2.24, 2.45) is 5.92 Å². The quantitative estimate of drug-likeness (QED) is 0.379. The second-order valence-electron chi connectivity index (χ2n) is 11.4. The highest BCUT2D eigenvalue weighted by molar-refractivity contribution is 6.11. The molecule has 1 atom stereocenters. The Morgan fingerprint density at radius 3 is 2.38 bits per heavy atom. The Balaban J connectivity index is 1.30. The lowest BCUT2D eigenvalue weighted by Crippen LogP contribution is -2.51. The van der Waals surface area contributed by atoms with E-state index in [1.54, 1.807) is 22.5 Å². The lowest BCUT2D eigenvalue weighted by atomic mass is 9.84. The van der Waals surface area contributed by atoms with Crippen molar-refractivity contribution >= 4 is 28.7 Å². The molecule has 9 heteroatoms. The van der Waals surface area contributed by atoms with E-state index in [1.807, 2.05) is 51.1 Å². The molecule has 206 valence electrons. The van der Waals surface area contributed by atoms with Gasteiger partial charge in [0.15, 0.2) is 5.78 Å². The van der Waals surface area contributed by atoms with Crippen LogP contribution in [0.3, 0.4) is 0 Å². The number of hydrogen-bond donors (Lipinski definition) is 2. The number of piperazine rings is 1. The first kappa shape index (κ1) is 26.9. The van der Waals surface area contributed by atoms with E-state index in [0.29, 0.717) is 31.7 Å². The number of para-hydroxylation sites is 1. The molecule has 2 aromatic carbocycles. The molecule has 5 rings (SSSR count). The summed E-state index contributed by atoms with van der Waals surface area (Å²) in [7, 11) is 0. The molecule has 2 N–H and O–H groups in total. The summed E-state index contributed by atoms with van der Waals surface area (Å²) < 4.78 is 7.73. The molecule has 2 heterocycles. The Bertz CT molecular complexity index is 1380. The molecule has 0 radical (unpaired) electrons. The lowest BCUT2D eigenvalue weighted by Gasteiger charge is -2.37. The average molecular weight is 533 g/mol. The van der Waals surface area contributed by atoms with Gasteiger partial charge in [-0.2, -0.15) is 0 Å². The van der Waals surface area contributed by atoms with Crippen molar-refractivity contribution in [1.29, 1.82) is 0 Å². The van der Waals surface area contributed by atoms with Gasteiger partial charge in [-0.05, 0) is 57.4 Å². The minimum absolute atomic E-state index is 0.0823. The van der Waals surface area contributed by atoms with Gasteiger partial charge in [-0.25, -0.2) is 10.3 Å². The van der Waals surface area contributed by atoms with Gasteiger partial charge >= 0.3 is 6.09 Å². The predicted octanol–water partition coefficient (Wildman–Crippen LogP) is 4.11. The minimum Gasteiger partial charge on any atom is -0.444 e. The number of fused-ring (bicyclic) bond motifs is 3. The topological polar surface area (TPSA) is 104 Å². The van der Waals surface area contributed by atoms with Gasteiger partial charge in [0.1, 0.15) is 5.60 Å². The van der Waals surface area contributed by atoms with Crippen LogP contribution in [-0.2, 0) is 17.7 Å². The van der Waals surface area contributed by atoms with E-state index in [4.69, 9.17) is 9.94 Å². The van der Waals surface area contributed by atoms with Crippen LogP contribution in [0.4, 0.5) is 4.79 Å². The molecule has 1 aliphatic carbocycles. The van der Waals surface area contributed by atoms with Gasteiger partial charge in [0, 0.05) is 72.9 Å². The maximum Gasteiger partial charge on any atom is 0.410 e. The molecule has 1 unspecified atom stereocenters. The first-order chi connectivity index (χ1) is 18.6. The SMILES string of the molecule is CC(C)(C)OC(=O)N1CCN(CC2CCc3c(c4ccccc4n3Cc3ccc(C(=O)NO)cc3)C2=O)CC1. The van der Waals surface area contributed by atoms with E-state index in [1.165, 1.54) is 0 Å². The number of aromatic nitrogens is 1. The van der Waals surface area contributed by atoms with Crippen molar-refractivity contribution < 1.29 is 24.3 Å². The molecule has 0 bridgehead atoms. The molecular weight excluding hydrogens is 496 g/mol. The molecule has 39 heavy (non-hydrogen) atoms. The molecule has 9 nitrogen and oxygen atoms in total. The summed E-state index contributed by atoms with van der Waals surface area (Å²) in [5.41, 5.74) is 5.44. The zero-order valence-corrected chi connectivity index (χ0v) is 22.8. The molecule has 2 amide bonds. The summed E-state index contributed by atoms with van der Waals surface area (Å²) in [5.74, 6) is -0.440. The van der Waals surface area contributed by atoms with Gasteiger partial charge in [-0.15, -0.1) is 0 Å². The number of ketones is 1. The number of nitrogens with one attached hydrogen (secondary N) is 1. The van der Waals surface area contributed by atoms with Crippen LogP contribution in [0.5, 0.6) is 0 Å². The summed E-state index contributed by atoms with van der Waals surface area (Å²) in [6.07, 6.45) is 1.31. The fraction of sp³-hybridized carbons (Fsp3) is 0.433. The smallest absolute Gasteiger partial charge is 0.410 e. The Hall–Kier alpha value is -3.69. The first-order valence-corrected chi connectivity index (χ1v) is 13.5. The molecular formula is C30H36N4O5. The highest BCUT2D eigenvalue weighted by atomic mass is 16.6. The molecule has 1 fully saturated rings. The van der Waals surface area contributed by atoms with E-state index >= 15 is 0 Å². The van der Waals surface area contributed by atoms with Crippen LogP contribution in [-0.4, -0.2) is 75.7 Å².